The first-order chi connectivity index (χ1) is 7.75. The van der Waals surface area contributed by atoms with Gasteiger partial charge in [-0.2, -0.15) is 5.10 Å². The summed E-state index contributed by atoms with van der Waals surface area (Å²) in [6.07, 6.45) is 4.63. The zero-order valence-electron chi connectivity index (χ0n) is 9.15. The quantitative estimate of drug-likeness (QED) is 0.683. The van der Waals surface area contributed by atoms with Crippen LogP contribution in [-0.4, -0.2) is 33.9 Å². The molecule has 1 aliphatic carbocycles. The molecular weight excluding hydrogens is 206 g/mol. The van der Waals surface area contributed by atoms with Crippen molar-refractivity contribution in [2.75, 3.05) is 6.54 Å². The number of hydrogen-bond acceptors (Lipinski definition) is 3. The highest BCUT2D eigenvalue weighted by molar-refractivity contribution is 5.78. The van der Waals surface area contributed by atoms with E-state index in [2.05, 4.69) is 15.5 Å². The second-order valence-electron chi connectivity index (χ2n) is 4.32. The van der Waals surface area contributed by atoms with Crippen LogP contribution in [0.2, 0.25) is 0 Å². The van der Waals surface area contributed by atoms with E-state index >= 15 is 0 Å². The molecule has 2 atom stereocenters. The number of nitrogens with zero attached hydrogens (tertiary/aromatic N) is 1. The van der Waals surface area contributed by atoms with E-state index in [0.29, 0.717) is 13.0 Å². The molecule has 0 spiro atoms. The van der Waals surface area contributed by atoms with Gasteiger partial charge in [-0.3, -0.25) is 9.89 Å². The first kappa shape index (κ1) is 11.1. The van der Waals surface area contributed by atoms with Gasteiger partial charge in [0.05, 0.1) is 12.5 Å². The second-order valence-corrected chi connectivity index (χ2v) is 4.32. The molecule has 88 valence electrons. The third-order valence-corrected chi connectivity index (χ3v) is 3.09. The predicted molar refractivity (Wildman–Crippen MR) is 58.6 cm³/mol. The summed E-state index contributed by atoms with van der Waals surface area (Å²) in [6, 6.07) is 1.78. The fraction of sp³-hybridized carbons (Fsp3) is 0.636. The Morgan fingerprint density at radius 1 is 1.62 bits per heavy atom. The number of rotatable bonds is 4. The van der Waals surface area contributed by atoms with E-state index in [0.717, 1.165) is 25.0 Å². The summed E-state index contributed by atoms with van der Waals surface area (Å²) in [7, 11) is 0. The lowest BCUT2D eigenvalue weighted by molar-refractivity contribution is -0.120. The molecule has 0 aliphatic heterocycles. The Morgan fingerprint density at radius 3 is 3.12 bits per heavy atom. The topological polar surface area (TPSA) is 78.0 Å². The molecule has 1 aromatic heterocycles. The molecule has 1 amide bonds. The van der Waals surface area contributed by atoms with Crippen molar-refractivity contribution < 1.29 is 9.90 Å². The maximum Gasteiger partial charge on any atom is 0.226 e. The zero-order valence-corrected chi connectivity index (χ0v) is 9.15. The van der Waals surface area contributed by atoms with E-state index in [1.165, 1.54) is 0 Å². The van der Waals surface area contributed by atoms with Gasteiger partial charge in [0.2, 0.25) is 5.91 Å². The van der Waals surface area contributed by atoms with Crippen molar-refractivity contribution in [1.29, 1.82) is 0 Å². The molecule has 2 rings (SSSR count). The lowest BCUT2D eigenvalue weighted by atomic mass is 10.1. The Labute approximate surface area is 94.2 Å². The molecule has 16 heavy (non-hydrogen) atoms. The van der Waals surface area contributed by atoms with Crippen LogP contribution in [0.15, 0.2) is 12.3 Å². The van der Waals surface area contributed by atoms with E-state index in [1.807, 2.05) is 0 Å². The van der Waals surface area contributed by atoms with Gasteiger partial charge in [-0.25, -0.2) is 0 Å². The van der Waals surface area contributed by atoms with Gasteiger partial charge in [-0.15, -0.1) is 0 Å². The van der Waals surface area contributed by atoms with E-state index in [1.54, 1.807) is 12.3 Å². The van der Waals surface area contributed by atoms with Crippen molar-refractivity contribution in [3.63, 3.8) is 0 Å². The smallest absolute Gasteiger partial charge is 0.226 e. The third kappa shape index (κ3) is 2.82. The van der Waals surface area contributed by atoms with Crippen LogP contribution >= 0.6 is 0 Å². The Bertz CT molecular complexity index is 337. The summed E-state index contributed by atoms with van der Waals surface area (Å²) in [6.45, 7) is 0.578. The summed E-state index contributed by atoms with van der Waals surface area (Å²) in [5.74, 6) is 0.203. The minimum atomic E-state index is -0.243. The van der Waals surface area contributed by atoms with Crippen LogP contribution in [-0.2, 0) is 11.2 Å². The highest BCUT2D eigenvalue weighted by atomic mass is 16.3. The summed E-state index contributed by atoms with van der Waals surface area (Å²) >= 11 is 0. The maximum absolute atomic E-state index is 11.5. The monoisotopic (exact) mass is 223 g/mol. The molecule has 1 aliphatic rings. The average molecular weight is 223 g/mol. The Balaban J connectivity index is 1.71. The lowest BCUT2D eigenvalue weighted by Gasteiger charge is -2.14. The fourth-order valence-electron chi connectivity index (χ4n) is 2.12. The van der Waals surface area contributed by atoms with Crippen LogP contribution in [0.25, 0.3) is 0 Å². The summed E-state index contributed by atoms with van der Waals surface area (Å²) in [4.78, 5) is 11.5. The second kappa shape index (κ2) is 5.12. The molecule has 5 heteroatoms. The van der Waals surface area contributed by atoms with Crippen LogP contribution in [0.5, 0.6) is 0 Å². The lowest BCUT2D eigenvalue weighted by Crippen LogP contribution is -2.33. The van der Waals surface area contributed by atoms with Crippen molar-refractivity contribution in [3.8, 4) is 0 Å². The normalized spacial score (nSPS) is 24.6. The highest BCUT2D eigenvalue weighted by Gasteiger charge is 2.25. The number of carbonyl (C=O) groups is 1. The Kier molecular flexibility index (Phi) is 3.56. The third-order valence-electron chi connectivity index (χ3n) is 3.09. The summed E-state index contributed by atoms with van der Waals surface area (Å²) in [5, 5.41) is 19.0. The van der Waals surface area contributed by atoms with Crippen molar-refractivity contribution in [2.24, 2.45) is 5.92 Å². The van der Waals surface area contributed by atoms with Crippen molar-refractivity contribution >= 4 is 5.91 Å². The van der Waals surface area contributed by atoms with E-state index in [-0.39, 0.29) is 17.9 Å². The fourth-order valence-corrected chi connectivity index (χ4v) is 2.12. The molecule has 3 N–H and O–H groups in total. The first-order valence-electron chi connectivity index (χ1n) is 5.68. The van der Waals surface area contributed by atoms with Gasteiger partial charge in [0, 0.05) is 24.4 Å². The van der Waals surface area contributed by atoms with Crippen LogP contribution in [0, 0.1) is 5.92 Å². The van der Waals surface area contributed by atoms with Gasteiger partial charge in [0.25, 0.3) is 0 Å². The summed E-state index contributed by atoms with van der Waals surface area (Å²) < 4.78 is 0. The van der Waals surface area contributed by atoms with Crippen LogP contribution < -0.4 is 5.32 Å². The number of aromatic nitrogens is 2. The van der Waals surface area contributed by atoms with Gasteiger partial charge in [0.1, 0.15) is 0 Å². The molecule has 0 aromatic carbocycles. The number of H-pyrrole nitrogens is 1. The minimum absolute atomic E-state index is 0.0247. The summed E-state index contributed by atoms with van der Waals surface area (Å²) in [5.41, 5.74) is 0.810. The van der Waals surface area contributed by atoms with Crippen LogP contribution in [0.4, 0.5) is 0 Å². The van der Waals surface area contributed by atoms with Gasteiger partial charge in [0.15, 0.2) is 0 Å². The molecular formula is C11H17N3O2. The number of nitrogens with one attached hydrogen (secondary N) is 2. The number of aromatic amines is 1. The minimum Gasteiger partial charge on any atom is -0.393 e. The van der Waals surface area contributed by atoms with Gasteiger partial charge in [-0.05, 0) is 18.9 Å². The molecule has 0 saturated heterocycles. The largest absolute Gasteiger partial charge is 0.393 e. The van der Waals surface area contributed by atoms with Gasteiger partial charge in [-0.1, -0.05) is 6.42 Å². The average Bonchev–Trinajstić information content (AvgIpc) is 2.87. The molecule has 0 bridgehead atoms. The molecule has 1 heterocycles. The molecule has 1 fully saturated rings. The molecule has 1 aromatic rings. The van der Waals surface area contributed by atoms with Gasteiger partial charge < -0.3 is 10.4 Å². The van der Waals surface area contributed by atoms with Crippen LogP contribution in [0.3, 0.4) is 0 Å². The SMILES string of the molecule is O=C(Cc1ccn[nH]1)NCC1CCCC1O. The number of amides is 1. The molecule has 2 unspecified atom stereocenters. The number of aliphatic hydroxyl groups excluding tert-OH is 1. The van der Waals surface area contributed by atoms with E-state index in [4.69, 9.17) is 0 Å². The van der Waals surface area contributed by atoms with Crippen molar-refractivity contribution in [2.45, 2.75) is 31.8 Å². The molecule has 5 nitrogen and oxygen atoms in total. The number of aliphatic hydroxyl groups is 1. The number of carbonyl (C=O) groups excluding carboxylic acids is 1. The first-order valence-corrected chi connectivity index (χ1v) is 5.68. The highest BCUT2D eigenvalue weighted by Crippen LogP contribution is 2.24. The zero-order chi connectivity index (χ0) is 11.4. The van der Waals surface area contributed by atoms with Crippen LogP contribution in [0.1, 0.15) is 25.0 Å². The molecule has 1 saturated carbocycles. The number of hydrogen-bond donors (Lipinski definition) is 3. The molecule has 0 radical (unpaired) electrons. The maximum atomic E-state index is 11.5. The Morgan fingerprint density at radius 2 is 2.50 bits per heavy atom. The van der Waals surface area contributed by atoms with Crippen molar-refractivity contribution in [3.05, 3.63) is 18.0 Å². The van der Waals surface area contributed by atoms with E-state index < -0.39 is 0 Å². The van der Waals surface area contributed by atoms with E-state index in [9.17, 15) is 9.90 Å². The van der Waals surface area contributed by atoms with Gasteiger partial charge >= 0.3 is 0 Å². The predicted octanol–water partition coefficient (Wildman–Crippen LogP) is 0.229. The van der Waals surface area contributed by atoms with Crippen molar-refractivity contribution in [1.82, 2.24) is 15.5 Å². The standard InChI is InChI=1S/C11H17N3O2/c15-10-3-1-2-8(10)7-12-11(16)6-9-4-5-13-14-9/h4-5,8,10,15H,1-3,6-7H2,(H,12,16)(H,13,14). The Hall–Kier alpha value is -1.36.